The van der Waals surface area contributed by atoms with Crippen molar-refractivity contribution in [1.82, 2.24) is 4.40 Å². The van der Waals surface area contributed by atoms with Gasteiger partial charge in [0.1, 0.15) is 0 Å². The second-order valence-electron chi connectivity index (χ2n) is 16.5. The summed E-state index contributed by atoms with van der Waals surface area (Å²) in [5, 5.41) is 5.21. The average molecular weight is 885 g/mol. The average Bonchev–Trinajstić information content (AvgIpc) is 3.65. The molecule has 53 heavy (non-hydrogen) atoms. The van der Waals surface area contributed by atoms with E-state index in [0.29, 0.717) is 30.2 Å². The van der Waals surface area contributed by atoms with Crippen LogP contribution < -0.4 is 9.80 Å². The molecule has 1 saturated heterocycles. The molecule has 4 nitrogen and oxygen atoms in total. The molecule has 5 heteroatoms. The molecule has 5 aromatic carbocycles. The van der Waals surface area contributed by atoms with Gasteiger partial charge in [-0.1, -0.05) is 128 Å². The maximum absolute atomic E-state index is 13.9. The molecule has 1 radical (unpaired) electrons. The van der Waals surface area contributed by atoms with Gasteiger partial charge in [0, 0.05) is 51.3 Å². The number of carbonyl (C=O) groups excluding carboxylic acids is 1. The fourth-order valence-electron chi connectivity index (χ4n) is 8.29. The number of hydrogen-bond donors (Lipinski definition) is 0. The van der Waals surface area contributed by atoms with E-state index < -0.39 is 5.41 Å². The van der Waals surface area contributed by atoms with Crippen molar-refractivity contribution < 1.29 is 27.2 Å². The zero-order valence-corrected chi connectivity index (χ0v) is 35.0. The standard InChI is InChI=1S/C30H43N2O.C18H10N.Au/c1-19(2)23-13-11-14-24(20(3)4)27(23)31-17-30(9,10)29(33)32(18-31)28-25(21(5)6)15-12-16-26(28)22(7)8;1-3-10-16-12(6-1)14-8-5-9-15-13-7-2-4-11-17(13)19(16)18(14)15;/h11-16,18-22H,17H2,1-10H3;1-4,6-11H;/q2*-1;. The minimum absolute atomic E-state index is 0. The number of rotatable bonds is 6. The summed E-state index contributed by atoms with van der Waals surface area (Å²) >= 11 is 0. The van der Waals surface area contributed by atoms with Gasteiger partial charge in [-0.2, -0.15) is 18.2 Å². The van der Waals surface area contributed by atoms with Crippen LogP contribution in [-0.2, 0) is 27.2 Å². The molecule has 0 bridgehead atoms. The molecule has 0 aliphatic carbocycles. The third-order valence-electron chi connectivity index (χ3n) is 10.9. The molecule has 1 fully saturated rings. The predicted molar refractivity (Wildman–Crippen MR) is 222 cm³/mol. The number of aromatic nitrogens is 1. The molecule has 1 amide bonds. The topological polar surface area (TPSA) is 28.0 Å². The summed E-state index contributed by atoms with van der Waals surface area (Å²) < 4.78 is 2.38. The molecule has 1 aliphatic heterocycles. The van der Waals surface area contributed by atoms with Crippen molar-refractivity contribution >= 4 is 55.4 Å². The monoisotopic (exact) mass is 884 g/mol. The maximum atomic E-state index is 13.9. The Morgan fingerprint density at radius 1 is 0.585 bits per heavy atom. The molecule has 3 heterocycles. The van der Waals surface area contributed by atoms with Crippen LogP contribution in [0.1, 0.15) is 115 Å². The number of benzene rings is 5. The molecule has 1 aliphatic rings. The van der Waals surface area contributed by atoms with Crippen LogP contribution in [0.3, 0.4) is 0 Å². The quantitative estimate of drug-likeness (QED) is 0.123. The third kappa shape index (κ3) is 6.68. The number of para-hydroxylation sites is 4. The first-order valence-corrected chi connectivity index (χ1v) is 19.1. The van der Waals surface area contributed by atoms with E-state index in [0.717, 1.165) is 5.69 Å². The van der Waals surface area contributed by atoms with E-state index in [4.69, 9.17) is 0 Å². The zero-order chi connectivity index (χ0) is 37.1. The van der Waals surface area contributed by atoms with E-state index in [-0.39, 0.29) is 28.3 Å². The van der Waals surface area contributed by atoms with Crippen molar-refractivity contribution in [3.63, 3.8) is 0 Å². The molecular formula is C48H53AuN3O-2. The summed E-state index contributed by atoms with van der Waals surface area (Å²) in [6.07, 6.45) is 0. The van der Waals surface area contributed by atoms with E-state index in [1.54, 1.807) is 0 Å². The summed E-state index contributed by atoms with van der Waals surface area (Å²) in [7, 11) is 0. The summed E-state index contributed by atoms with van der Waals surface area (Å²) in [5.74, 6) is 1.62. The molecule has 0 atom stereocenters. The number of fused-ring (bicyclic) bond motifs is 6. The van der Waals surface area contributed by atoms with E-state index >= 15 is 0 Å². The van der Waals surface area contributed by atoms with Crippen LogP contribution in [0.25, 0.3) is 38.1 Å². The molecule has 0 N–H and O–H groups in total. The van der Waals surface area contributed by atoms with Gasteiger partial charge in [0.05, 0.1) is 5.41 Å². The molecule has 0 unspecified atom stereocenters. The van der Waals surface area contributed by atoms with Gasteiger partial charge in [0.2, 0.25) is 5.91 Å². The zero-order valence-electron chi connectivity index (χ0n) is 32.9. The van der Waals surface area contributed by atoms with Gasteiger partial charge in [0.15, 0.2) is 0 Å². The Morgan fingerprint density at radius 2 is 1.00 bits per heavy atom. The van der Waals surface area contributed by atoms with Gasteiger partial charge >= 0.3 is 0 Å². The number of carbonyl (C=O) groups is 1. The smallest absolute Gasteiger partial charge is 0.206 e. The Labute approximate surface area is 332 Å². The summed E-state index contributed by atoms with van der Waals surface area (Å²) in [4.78, 5) is 18.2. The van der Waals surface area contributed by atoms with Gasteiger partial charge in [-0.25, -0.2) is 0 Å². The van der Waals surface area contributed by atoms with Crippen LogP contribution in [0.2, 0.25) is 0 Å². The second-order valence-corrected chi connectivity index (χ2v) is 16.5. The molecular weight excluding hydrogens is 832 g/mol. The van der Waals surface area contributed by atoms with Crippen LogP contribution in [-0.4, -0.2) is 16.9 Å². The van der Waals surface area contributed by atoms with Gasteiger partial charge in [-0.3, -0.25) is 4.79 Å². The molecule has 2 aromatic heterocycles. The third-order valence-corrected chi connectivity index (χ3v) is 10.9. The Kier molecular flexibility index (Phi) is 10.9. The number of amides is 1. The molecule has 8 rings (SSSR count). The first kappa shape index (κ1) is 38.6. The van der Waals surface area contributed by atoms with Gasteiger partial charge in [-0.05, 0) is 88.2 Å². The van der Waals surface area contributed by atoms with Gasteiger partial charge in [0.25, 0.3) is 0 Å². The van der Waals surface area contributed by atoms with Crippen molar-refractivity contribution in [2.45, 2.75) is 92.9 Å². The Hall–Kier alpha value is -4.09. The van der Waals surface area contributed by atoms with E-state index in [9.17, 15) is 4.79 Å². The largest absolute Gasteiger partial charge is 0.502 e. The number of hydrogen-bond acceptors (Lipinski definition) is 2. The Bertz CT molecular complexity index is 2270. The minimum atomic E-state index is -0.509. The van der Waals surface area contributed by atoms with Crippen LogP contribution >= 0.6 is 0 Å². The van der Waals surface area contributed by atoms with Crippen LogP contribution in [0.4, 0.5) is 11.4 Å². The predicted octanol–water partition coefficient (Wildman–Crippen LogP) is 12.8. The van der Waals surface area contributed by atoms with Crippen LogP contribution in [0.5, 0.6) is 0 Å². The maximum Gasteiger partial charge on any atom is 0.206 e. The molecule has 279 valence electrons. The van der Waals surface area contributed by atoms with Crippen molar-refractivity contribution in [3.8, 4) is 0 Å². The summed E-state index contributed by atoms with van der Waals surface area (Å²) in [6, 6.07) is 37.9. The second kappa shape index (κ2) is 15.0. The fourth-order valence-corrected chi connectivity index (χ4v) is 8.29. The summed E-state index contributed by atoms with van der Waals surface area (Å²) in [6.45, 7) is 24.8. The van der Waals surface area contributed by atoms with Crippen molar-refractivity contribution in [2.75, 3.05) is 16.3 Å². The summed E-state index contributed by atoms with van der Waals surface area (Å²) in [5.41, 5.74) is 10.8. The Morgan fingerprint density at radius 3 is 1.43 bits per heavy atom. The van der Waals surface area contributed by atoms with Gasteiger partial charge < -0.3 is 14.2 Å². The van der Waals surface area contributed by atoms with E-state index in [1.807, 2.05) is 4.90 Å². The normalized spacial score (nSPS) is 14.7. The van der Waals surface area contributed by atoms with Crippen LogP contribution in [0.15, 0.2) is 97.1 Å². The van der Waals surface area contributed by atoms with E-state index in [2.05, 4.69) is 188 Å². The van der Waals surface area contributed by atoms with Crippen LogP contribution in [0, 0.1) is 18.2 Å². The molecule has 0 spiro atoms. The number of nitrogens with zero attached hydrogens (tertiary/aromatic N) is 3. The Balaban J connectivity index is 0.000000201. The van der Waals surface area contributed by atoms with Gasteiger partial charge in [-0.15, -0.1) is 17.4 Å². The SMILES string of the molecule is CC(C)c1cccc(C(C)C)c1N1[CH-]N(c2c(C(C)C)cccc2C(C)C)C(=O)C(C)(C)C1.[Au].[c-]1cc2c3ccccc3n3c4ccccc4c(c1)c23. The van der Waals surface area contributed by atoms with Crippen molar-refractivity contribution in [1.29, 1.82) is 0 Å². The fraction of sp³-hybridized carbons (Fsp3) is 0.333. The van der Waals surface area contributed by atoms with Crippen molar-refractivity contribution in [2.24, 2.45) is 5.41 Å². The molecule has 0 saturated carbocycles. The van der Waals surface area contributed by atoms with E-state index in [1.165, 1.54) is 66.0 Å². The molecule has 7 aromatic rings. The first-order valence-electron chi connectivity index (χ1n) is 19.1. The number of anilines is 2. The van der Waals surface area contributed by atoms with Crippen molar-refractivity contribution in [3.05, 3.63) is 132 Å². The minimum Gasteiger partial charge on any atom is -0.502 e. The first-order chi connectivity index (χ1) is 24.8.